The SMILES string of the molecule is CC(C)CNCC1CCN(Cc2ccc(F)cc2F)CC1. The number of hydrogen-bond acceptors (Lipinski definition) is 2. The second-order valence-corrected chi connectivity index (χ2v) is 6.51. The van der Waals surface area contributed by atoms with Gasteiger partial charge in [-0.25, -0.2) is 8.78 Å². The van der Waals surface area contributed by atoms with E-state index in [0.29, 0.717) is 18.0 Å². The van der Waals surface area contributed by atoms with Crippen LogP contribution in [0.15, 0.2) is 18.2 Å². The normalized spacial score (nSPS) is 17.6. The first-order valence-electron chi connectivity index (χ1n) is 7.91. The number of nitrogens with zero attached hydrogens (tertiary/aromatic N) is 1. The van der Waals surface area contributed by atoms with Crippen molar-refractivity contribution in [1.82, 2.24) is 10.2 Å². The topological polar surface area (TPSA) is 15.3 Å². The minimum absolute atomic E-state index is 0.435. The molecule has 1 saturated heterocycles. The van der Waals surface area contributed by atoms with Gasteiger partial charge in [0.05, 0.1) is 0 Å². The number of nitrogens with one attached hydrogen (secondary N) is 1. The summed E-state index contributed by atoms with van der Waals surface area (Å²) in [5.74, 6) is 0.464. The first-order chi connectivity index (χ1) is 10.0. The van der Waals surface area contributed by atoms with Gasteiger partial charge in [-0.15, -0.1) is 0 Å². The van der Waals surface area contributed by atoms with Crippen molar-refractivity contribution in [3.63, 3.8) is 0 Å². The lowest BCUT2D eigenvalue weighted by molar-refractivity contribution is 0.173. The molecule has 0 saturated carbocycles. The fraction of sp³-hybridized carbons (Fsp3) is 0.647. The van der Waals surface area contributed by atoms with E-state index in [4.69, 9.17) is 0 Å². The summed E-state index contributed by atoms with van der Waals surface area (Å²) >= 11 is 0. The predicted octanol–water partition coefficient (Wildman–Crippen LogP) is 3.42. The van der Waals surface area contributed by atoms with Gasteiger partial charge in [-0.3, -0.25) is 4.90 Å². The van der Waals surface area contributed by atoms with Crippen LogP contribution in [0.1, 0.15) is 32.3 Å². The molecule has 0 aromatic heterocycles. The largest absolute Gasteiger partial charge is 0.316 e. The van der Waals surface area contributed by atoms with Crippen LogP contribution in [0.4, 0.5) is 8.78 Å². The highest BCUT2D eigenvalue weighted by atomic mass is 19.1. The van der Waals surface area contributed by atoms with E-state index in [9.17, 15) is 8.78 Å². The Balaban J connectivity index is 1.74. The Kier molecular flexibility index (Phi) is 6.12. The standard InChI is InChI=1S/C17H26F2N2/c1-13(2)10-20-11-14-5-7-21(8-6-14)12-15-3-4-16(18)9-17(15)19/h3-4,9,13-14,20H,5-8,10-12H2,1-2H3. The molecule has 2 rings (SSSR count). The van der Waals surface area contributed by atoms with Crippen LogP contribution in [0.2, 0.25) is 0 Å². The van der Waals surface area contributed by atoms with Gasteiger partial charge in [-0.2, -0.15) is 0 Å². The van der Waals surface area contributed by atoms with Gasteiger partial charge in [0.25, 0.3) is 0 Å². The minimum atomic E-state index is -0.508. The smallest absolute Gasteiger partial charge is 0.130 e. The average molecular weight is 296 g/mol. The van der Waals surface area contributed by atoms with Crippen molar-refractivity contribution in [2.24, 2.45) is 11.8 Å². The van der Waals surface area contributed by atoms with E-state index in [2.05, 4.69) is 24.1 Å². The van der Waals surface area contributed by atoms with Crippen LogP contribution < -0.4 is 5.32 Å². The molecule has 0 atom stereocenters. The second-order valence-electron chi connectivity index (χ2n) is 6.51. The molecule has 1 fully saturated rings. The number of hydrogen-bond donors (Lipinski definition) is 1. The average Bonchev–Trinajstić information content (AvgIpc) is 2.43. The van der Waals surface area contributed by atoms with Crippen LogP contribution in [0.3, 0.4) is 0 Å². The van der Waals surface area contributed by atoms with Crippen molar-refractivity contribution in [2.75, 3.05) is 26.2 Å². The van der Waals surface area contributed by atoms with E-state index >= 15 is 0 Å². The number of piperidine rings is 1. The van der Waals surface area contributed by atoms with E-state index in [0.717, 1.165) is 51.0 Å². The van der Waals surface area contributed by atoms with Crippen LogP contribution in [0, 0.1) is 23.5 Å². The maximum absolute atomic E-state index is 13.6. The quantitative estimate of drug-likeness (QED) is 0.865. The van der Waals surface area contributed by atoms with E-state index < -0.39 is 11.6 Å². The van der Waals surface area contributed by atoms with Crippen molar-refractivity contribution >= 4 is 0 Å². The lowest BCUT2D eigenvalue weighted by atomic mass is 9.96. The van der Waals surface area contributed by atoms with Crippen LogP contribution in [0.25, 0.3) is 0 Å². The molecule has 1 aliphatic rings. The Labute approximate surface area is 126 Å². The summed E-state index contributed by atoms with van der Waals surface area (Å²) in [4.78, 5) is 2.26. The molecule has 0 radical (unpaired) electrons. The highest BCUT2D eigenvalue weighted by molar-refractivity contribution is 5.18. The summed E-state index contributed by atoms with van der Waals surface area (Å²) in [7, 11) is 0. The van der Waals surface area contributed by atoms with Crippen LogP contribution in [-0.4, -0.2) is 31.1 Å². The Hall–Kier alpha value is -1.00. The maximum atomic E-state index is 13.6. The molecule has 0 aliphatic carbocycles. The van der Waals surface area contributed by atoms with Gasteiger partial charge in [0.1, 0.15) is 11.6 Å². The predicted molar refractivity (Wildman–Crippen MR) is 82.1 cm³/mol. The molecule has 21 heavy (non-hydrogen) atoms. The summed E-state index contributed by atoms with van der Waals surface area (Å²) in [5.41, 5.74) is 0.591. The van der Waals surface area contributed by atoms with Gasteiger partial charge < -0.3 is 5.32 Å². The highest BCUT2D eigenvalue weighted by Crippen LogP contribution is 2.20. The van der Waals surface area contributed by atoms with Crippen molar-refractivity contribution in [2.45, 2.75) is 33.2 Å². The van der Waals surface area contributed by atoms with Crippen molar-refractivity contribution in [3.05, 3.63) is 35.4 Å². The highest BCUT2D eigenvalue weighted by Gasteiger charge is 2.19. The Bertz CT molecular complexity index is 440. The number of likely N-dealkylation sites (tertiary alicyclic amines) is 1. The van der Waals surface area contributed by atoms with Gasteiger partial charge in [0.2, 0.25) is 0 Å². The van der Waals surface area contributed by atoms with Gasteiger partial charge in [0, 0.05) is 18.2 Å². The molecule has 4 heteroatoms. The van der Waals surface area contributed by atoms with Crippen molar-refractivity contribution in [3.8, 4) is 0 Å². The second kappa shape index (κ2) is 7.85. The summed E-state index contributed by atoms with van der Waals surface area (Å²) in [6.07, 6.45) is 2.29. The maximum Gasteiger partial charge on any atom is 0.130 e. The van der Waals surface area contributed by atoms with Gasteiger partial charge in [-0.05, 0) is 56.9 Å². The molecular formula is C17H26F2N2. The molecule has 1 aliphatic heterocycles. The third kappa shape index (κ3) is 5.36. The monoisotopic (exact) mass is 296 g/mol. The van der Waals surface area contributed by atoms with Crippen molar-refractivity contribution < 1.29 is 8.78 Å². The van der Waals surface area contributed by atoms with Gasteiger partial charge in [-0.1, -0.05) is 19.9 Å². The number of benzene rings is 1. The zero-order valence-corrected chi connectivity index (χ0v) is 13.0. The molecule has 2 nitrogen and oxygen atoms in total. The zero-order valence-electron chi connectivity index (χ0n) is 13.0. The lowest BCUT2D eigenvalue weighted by Crippen LogP contribution is -2.37. The van der Waals surface area contributed by atoms with Gasteiger partial charge >= 0.3 is 0 Å². The molecular weight excluding hydrogens is 270 g/mol. The first-order valence-corrected chi connectivity index (χ1v) is 7.91. The van der Waals surface area contributed by atoms with Crippen LogP contribution in [-0.2, 0) is 6.54 Å². The van der Waals surface area contributed by atoms with E-state index in [1.807, 2.05) is 0 Å². The third-order valence-electron chi connectivity index (χ3n) is 4.10. The molecule has 1 aromatic carbocycles. The van der Waals surface area contributed by atoms with E-state index in [1.54, 1.807) is 6.07 Å². The Morgan fingerprint density at radius 3 is 2.57 bits per heavy atom. The Morgan fingerprint density at radius 1 is 1.24 bits per heavy atom. The summed E-state index contributed by atoms with van der Waals surface area (Å²) in [6, 6.07) is 3.86. The first kappa shape index (κ1) is 16.4. The lowest BCUT2D eigenvalue weighted by Gasteiger charge is -2.32. The molecule has 118 valence electrons. The third-order valence-corrected chi connectivity index (χ3v) is 4.10. The molecule has 1 heterocycles. The zero-order chi connectivity index (χ0) is 15.2. The molecule has 0 spiro atoms. The number of halogens is 2. The van der Waals surface area contributed by atoms with Crippen LogP contribution in [0.5, 0.6) is 0 Å². The van der Waals surface area contributed by atoms with Gasteiger partial charge in [0.15, 0.2) is 0 Å². The molecule has 1 aromatic rings. The molecule has 0 unspecified atom stereocenters. The molecule has 1 N–H and O–H groups in total. The summed E-state index contributed by atoms with van der Waals surface area (Å²) in [5, 5.41) is 3.51. The Morgan fingerprint density at radius 2 is 1.95 bits per heavy atom. The fourth-order valence-electron chi connectivity index (χ4n) is 2.82. The van der Waals surface area contributed by atoms with E-state index in [1.165, 1.54) is 6.07 Å². The number of rotatable bonds is 6. The minimum Gasteiger partial charge on any atom is -0.316 e. The summed E-state index contributed by atoms with van der Waals surface area (Å²) < 4.78 is 26.5. The van der Waals surface area contributed by atoms with Crippen LogP contribution >= 0.6 is 0 Å². The molecule has 0 amide bonds. The summed E-state index contributed by atoms with van der Waals surface area (Å²) in [6.45, 7) is 9.14. The molecule has 0 bridgehead atoms. The fourth-order valence-corrected chi connectivity index (χ4v) is 2.82. The van der Waals surface area contributed by atoms with E-state index in [-0.39, 0.29) is 0 Å². The van der Waals surface area contributed by atoms with Crippen molar-refractivity contribution in [1.29, 1.82) is 0 Å².